The van der Waals surface area contributed by atoms with Crippen molar-refractivity contribution in [2.24, 2.45) is 0 Å². The molecule has 0 saturated heterocycles. The number of carbonyl (C=O) groups is 7. The minimum atomic E-state index is -1.18. The number of anilines is 4. The monoisotopic (exact) mass is 892 g/mol. The Morgan fingerprint density at radius 1 is 0.587 bits per heavy atom. The van der Waals surface area contributed by atoms with Gasteiger partial charge in [0.25, 0.3) is 11.8 Å². The normalized spacial score (nSPS) is 10.2. The zero-order chi connectivity index (χ0) is 45.6. The third kappa shape index (κ3) is 12.3. The summed E-state index contributed by atoms with van der Waals surface area (Å²) in [6, 6.07) is 22.6. The van der Waals surface area contributed by atoms with Gasteiger partial charge in [0, 0.05) is 18.2 Å². The number of carboxylic acid groups (broad SMARTS) is 1. The Hall–Kier alpha value is -7.97. The SMILES string of the molecule is CNC(=O)c1cnc(NC(=O)Nc2ccc(C)cc2C(=O)c2ccccc2OC)s1.COc1ccccc1C(=O)c1cc(C)ccc1NC(=O)Nc1ncc(C(=O)NCC(=O)O)s1. The summed E-state index contributed by atoms with van der Waals surface area (Å²) in [5.74, 6) is -1.82. The molecule has 0 aliphatic heterocycles. The van der Waals surface area contributed by atoms with E-state index in [9.17, 15) is 33.6 Å². The summed E-state index contributed by atoms with van der Waals surface area (Å²) in [6.45, 7) is 3.16. The maximum Gasteiger partial charge on any atom is 0.325 e. The fraction of sp³-hybridized carbons (Fsp3) is 0.140. The van der Waals surface area contributed by atoms with Crippen LogP contribution in [-0.2, 0) is 4.79 Å². The molecule has 6 aromatic rings. The lowest BCUT2D eigenvalue weighted by Crippen LogP contribution is -2.28. The fourth-order valence-electron chi connectivity index (χ4n) is 5.61. The fourth-order valence-corrected chi connectivity index (χ4v) is 7.09. The highest BCUT2D eigenvalue weighted by molar-refractivity contribution is 7.18. The van der Waals surface area contributed by atoms with Gasteiger partial charge in [0.05, 0.1) is 49.1 Å². The Balaban J connectivity index is 0.000000239. The van der Waals surface area contributed by atoms with Gasteiger partial charge in [-0.05, 0) is 62.4 Å². The number of para-hydroxylation sites is 2. The number of rotatable bonds is 14. The molecule has 2 aromatic heterocycles. The number of amides is 6. The van der Waals surface area contributed by atoms with Gasteiger partial charge in [0.1, 0.15) is 27.8 Å². The number of carboxylic acids is 1. The Kier molecular flexibility index (Phi) is 15.7. The van der Waals surface area contributed by atoms with E-state index in [0.29, 0.717) is 38.8 Å². The number of urea groups is 2. The van der Waals surface area contributed by atoms with Crippen molar-refractivity contribution < 1.29 is 48.1 Å². The lowest BCUT2D eigenvalue weighted by molar-refractivity contribution is -0.135. The molecule has 0 aliphatic carbocycles. The van der Waals surface area contributed by atoms with Crippen LogP contribution >= 0.6 is 22.7 Å². The predicted molar refractivity (Wildman–Crippen MR) is 238 cm³/mol. The summed E-state index contributed by atoms with van der Waals surface area (Å²) in [5, 5.41) is 24.1. The van der Waals surface area contributed by atoms with Gasteiger partial charge in [-0.1, -0.05) is 70.2 Å². The van der Waals surface area contributed by atoms with Crippen molar-refractivity contribution in [3.63, 3.8) is 0 Å². The second kappa shape index (κ2) is 21.5. The Bertz CT molecular complexity index is 2700. The molecular weight excluding hydrogens is 853 g/mol. The Labute approximate surface area is 368 Å². The smallest absolute Gasteiger partial charge is 0.325 e. The number of aromatic nitrogens is 2. The van der Waals surface area contributed by atoms with Crippen molar-refractivity contribution in [3.05, 3.63) is 140 Å². The number of ketones is 2. The van der Waals surface area contributed by atoms with Gasteiger partial charge >= 0.3 is 18.0 Å². The number of thiazole rings is 2. The number of nitrogens with zero attached hydrogens (tertiary/aromatic N) is 2. The first-order valence-electron chi connectivity index (χ1n) is 18.6. The maximum atomic E-state index is 13.2. The molecule has 4 aromatic carbocycles. The standard InChI is InChI=1S/C22H20N4O6S.C21H20N4O4S/c1-12-7-8-15(14(9-12)19(29)13-5-3-4-6-16(13)32-2)25-21(31)26-22-24-10-17(33-22)20(30)23-11-18(27)28;1-12-8-9-15(14(10-12)18(26)13-6-4-5-7-16(13)29-3)24-20(28)25-21-23-11-17(30-21)19(27)22-2/h3-10H,11H2,1-2H3,(H,23,30)(H,27,28)(H2,24,25,26,31);4-11H,1-3H3,(H,22,27)(H2,23,24,25,28). The average molecular weight is 893 g/mol. The number of aliphatic carboxylic acids is 1. The van der Waals surface area contributed by atoms with E-state index < -0.39 is 30.5 Å². The number of benzene rings is 4. The molecule has 0 radical (unpaired) electrons. The van der Waals surface area contributed by atoms with E-state index in [-0.39, 0.29) is 43.9 Å². The van der Waals surface area contributed by atoms with Crippen LogP contribution in [0.2, 0.25) is 0 Å². The summed E-state index contributed by atoms with van der Waals surface area (Å²) in [7, 11) is 4.48. The van der Waals surface area contributed by atoms with Gasteiger partial charge in [-0.15, -0.1) is 0 Å². The number of ether oxygens (including phenoxy) is 2. The average Bonchev–Trinajstić information content (AvgIpc) is 3.96. The summed E-state index contributed by atoms with van der Waals surface area (Å²) in [5.41, 5.74) is 3.69. The number of aryl methyl sites for hydroxylation is 2. The van der Waals surface area contributed by atoms with Gasteiger partial charge in [0.2, 0.25) is 0 Å². The highest BCUT2D eigenvalue weighted by Crippen LogP contribution is 2.29. The van der Waals surface area contributed by atoms with Crippen LogP contribution in [0, 0.1) is 13.8 Å². The van der Waals surface area contributed by atoms with Crippen molar-refractivity contribution >= 4 is 85.7 Å². The topological polar surface area (TPSA) is 256 Å². The minimum Gasteiger partial charge on any atom is -0.496 e. The molecule has 7 N–H and O–H groups in total. The van der Waals surface area contributed by atoms with E-state index in [0.717, 1.165) is 33.8 Å². The van der Waals surface area contributed by atoms with Crippen molar-refractivity contribution in [1.82, 2.24) is 20.6 Å². The summed E-state index contributed by atoms with van der Waals surface area (Å²) >= 11 is 1.92. The Morgan fingerprint density at radius 3 is 1.43 bits per heavy atom. The summed E-state index contributed by atoms with van der Waals surface area (Å²) in [6.07, 6.45) is 2.60. The number of methoxy groups -OCH3 is 2. The first-order valence-corrected chi connectivity index (χ1v) is 20.2. The van der Waals surface area contributed by atoms with E-state index in [4.69, 9.17) is 14.6 Å². The third-order valence-electron chi connectivity index (χ3n) is 8.57. The van der Waals surface area contributed by atoms with Crippen LogP contribution in [0.1, 0.15) is 62.3 Å². The zero-order valence-electron chi connectivity index (χ0n) is 34.3. The van der Waals surface area contributed by atoms with Crippen molar-refractivity contribution in [2.75, 3.05) is 49.1 Å². The van der Waals surface area contributed by atoms with Gasteiger partial charge in [0.15, 0.2) is 21.8 Å². The van der Waals surface area contributed by atoms with Crippen molar-refractivity contribution in [3.8, 4) is 11.5 Å². The molecule has 20 heteroatoms. The van der Waals surface area contributed by atoms with Crippen LogP contribution in [0.4, 0.5) is 31.2 Å². The molecule has 0 saturated carbocycles. The van der Waals surface area contributed by atoms with E-state index in [1.807, 2.05) is 13.8 Å². The van der Waals surface area contributed by atoms with E-state index in [1.165, 1.54) is 33.7 Å². The zero-order valence-corrected chi connectivity index (χ0v) is 35.9. The molecule has 0 aliphatic rings. The molecule has 0 unspecified atom stereocenters. The predicted octanol–water partition coefficient (Wildman–Crippen LogP) is 6.84. The number of hydrogen-bond acceptors (Lipinski definition) is 13. The van der Waals surface area contributed by atoms with E-state index in [2.05, 4.69) is 41.9 Å². The Morgan fingerprint density at radius 2 is 1.02 bits per heavy atom. The number of hydrogen-bond donors (Lipinski definition) is 7. The van der Waals surface area contributed by atoms with Crippen LogP contribution in [0.15, 0.2) is 97.3 Å². The van der Waals surface area contributed by atoms with Crippen molar-refractivity contribution in [1.29, 1.82) is 0 Å². The molecule has 63 heavy (non-hydrogen) atoms. The maximum absolute atomic E-state index is 13.2. The number of carbonyl (C=O) groups excluding carboxylic acids is 6. The number of nitrogens with one attached hydrogen (secondary N) is 6. The quantitative estimate of drug-likeness (QED) is 0.0555. The molecule has 0 bridgehead atoms. The third-order valence-corrected chi connectivity index (χ3v) is 10.4. The summed E-state index contributed by atoms with van der Waals surface area (Å²) in [4.78, 5) is 93.8. The molecule has 0 atom stereocenters. The first kappa shape index (κ1) is 46.1. The van der Waals surface area contributed by atoms with Gasteiger partial charge in [-0.2, -0.15) is 0 Å². The van der Waals surface area contributed by atoms with Gasteiger partial charge in [-0.3, -0.25) is 34.6 Å². The van der Waals surface area contributed by atoms with Crippen LogP contribution in [-0.4, -0.2) is 84.3 Å². The van der Waals surface area contributed by atoms with E-state index >= 15 is 0 Å². The van der Waals surface area contributed by atoms with E-state index in [1.54, 1.807) is 84.9 Å². The van der Waals surface area contributed by atoms with Crippen LogP contribution in [0.5, 0.6) is 11.5 Å². The largest absolute Gasteiger partial charge is 0.496 e. The van der Waals surface area contributed by atoms with Crippen LogP contribution in [0.3, 0.4) is 0 Å². The van der Waals surface area contributed by atoms with Crippen LogP contribution in [0.25, 0.3) is 0 Å². The molecule has 6 rings (SSSR count). The highest BCUT2D eigenvalue weighted by atomic mass is 32.1. The van der Waals surface area contributed by atoms with Gasteiger partial charge in [-0.25, -0.2) is 19.6 Å². The summed E-state index contributed by atoms with van der Waals surface area (Å²) < 4.78 is 10.6. The highest BCUT2D eigenvalue weighted by Gasteiger charge is 2.22. The second-order valence-electron chi connectivity index (χ2n) is 13.0. The molecule has 0 fully saturated rings. The van der Waals surface area contributed by atoms with Gasteiger partial charge < -0.3 is 35.8 Å². The lowest BCUT2D eigenvalue weighted by atomic mass is 9.99. The van der Waals surface area contributed by atoms with Crippen LogP contribution < -0.4 is 41.4 Å². The second-order valence-corrected chi connectivity index (χ2v) is 15.1. The molecular formula is C43H40N8O10S2. The molecule has 6 amide bonds. The molecule has 324 valence electrons. The minimum absolute atomic E-state index is 0.123. The lowest BCUT2D eigenvalue weighted by Gasteiger charge is -2.13. The molecule has 18 nitrogen and oxygen atoms in total. The van der Waals surface area contributed by atoms with Crippen molar-refractivity contribution in [2.45, 2.75) is 13.8 Å². The molecule has 0 spiro atoms. The molecule has 2 heterocycles. The first-order chi connectivity index (χ1) is 30.2.